The van der Waals surface area contributed by atoms with Crippen molar-refractivity contribution in [2.45, 2.75) is 12.8 Å². The molecule has 0 bridgehead atoms. The Hall–Kier alpha value is -0.963. The Morgan fingerprint density at radius 2 is 2.20 bits per heavy atom. The standard InChI is InChI=1S/C14H13.Li/c1-2-12-7-6-10-14(11-12)13-8-4-3-5-9-13;/h2,4,6-8,10-11H,1,3,5H2;/q-1;+1. The fourth-order valence-corrected chi connectivity index (χ4v) is 1.58. The van der Waals surface area contributed by atoms with Gasteiger partial charge in [0.2, 0.25) is 0 Å². The van der Waals surface area contributed by atoms with Crippen LogP contribution >= 0.6 is 0 Å². The van der Waals surface area contributed by atoms with Gasteiger partial charge in [0.05, 0.1) is 0 Å². The Bertz CT molecular complexity index is 400. The quantitative estimate of drug-likeness (QED) is 0.477. The molecule has 2 rings (SSSR count). The Labute approximate surface area is 104 Å². The maximum atomic E-state index is 3.77. The van der Waals surface area contributed by atoms with Crippen LogP contribution in [-0.2, 0) is 0 Å². The summed E-state index contributed by atoms with van der Waals surface area (Å²) in [5.74, 6) is 0. The molecule has 1 aliphatic carbocycles. The van der Waals surface area contributed by atoms with E-state index in [-0.39, 0.29) is 18.9 Å². The predicted molar refractivity (Wildman–Crippen MR) is 61.6 cm³/mol. The van der Waals surface area contributed by atoms with Crippen LogP contribution in [0.15, 0.2) is 43.0 Å². The molecular weight excluding hydrogens is 175 g/mol. The molecule has 15 heavy (non-hydrogen) atoms. The molecule has 0 spiro atoms. The second-order valence-electron chi connectivity index (χ2n) is 3.36. The molecule has 1 aromatic rings. The van der Waals surface area contributed by atoms with Gasteiger partial charge in [-0.25, -0.2) is 6.08 Å². The molecule has 0 N–H and O–H groups in total. The van der Waals surface area contributed by atoms with Crippen molar-refractivity contribution < 1.29 is 18.9 Å². The average Bonchev–Trinajstić information content (AvgIpc) is 2.30. The van der Waals surface area contributed by atoms with Gasteiger partial charge in [0.15, 0.2) is 0 Å². The van der Waals surface area contributed by atoms with Crippen LogP contribution in [0, 0.1) is 6.08 Å². The summed E-state index contributed by atoms with van der Waals surface area (Å²) in [6, 6.07) is 8.38. The fourth-order valence-electron chi connectivity index (χ4n) is 1.58. The van der Waals surface area contributed by atoms with Crippen molar-refractivity contribution in [3.63, 3.8) is 0 Å². The largest absolute Gasteiger partial charge is 1.00 e. The minimum atomic E-state index is 0. The van der Waals surface area contributed by atoms with Crippen molar-refractivity contribution in [2.75, 3.05) is 0 Å². The van der Waals surface area contributed by atoms with Crippen LogP contribution in [0.4, 0.5) is 0 Å². The number of hydrogen-bond acceptors (Lipinski definition) is 0. The van der Waals surface area contributed by atoms with E-state index in [0.717, 1.165) is 18.4 Å². The van der Waals surface area contributed by atoms with Crippen molar-refractivity contribution >= 4 is 11.6 Å². The zero-order valence-electron chi connectivity index (χ0n) is 9.16. The minimum Gasteiger partial charge on any atom is -0.200 e. The third-order valence-corrected chi connectivity index (χ3v) is 2.34. The van der Waals surface area contributed by atoms with Crippen molar-refractivity contribution in [2.24, 2.45) is 0 Å². The van der Waals surface area contributed by atoms with Gasteiger partial charge in [-0.05, 0) is 5.56 Å². The van der Waals surface area contributed by atoms with Gasteiger partial charge in [0.1, 0.15) is 0 Å². The number of allylic oxidation sites excluding steroid dienone is 4. The smallest absolute Gasteiger partial charge is 0.200 e. The van der Waals surface area contributed by atoms with E-state index in [9.17, 15) is 0 Å². The van der Waals surface area contributed by atoms with E-state index in [1.807, 2.05) is 6.08 Å². The number of rotatable bonds is 2. The normalized spacial score (nSPS) is 14.0. The van der Waals surface area contributed by atoms with Crippen molar-refractivity contribution in [1.82, 2.24) is 0 Å². The van der Waals surface area contributed by atoms with Crippen molar-refractivity contribution in [1.29, 1.82) is 0 Å². The summed E-state index contributed by atoms with van der Waals surface area (Å²) in [5, 5.41) is 0. The molecular formula is C14H13Li. The Morgan fingerprint density at radius 1 is 1.33 bits per heavy atom. The molecule has 0 aromatic heterocycles. The van der Waals surface area contributed by atoms with E-state index in [0.29, 0.717) is 0 Å². The van der Waals surface area contributed by atoms with Gasteiger partial charge in [-0.3, -0.25) is 0 Å². The Balaban J connectivity index is 0.00000112. The van der Waals surface area contributed by atoms with Crippen LogP contribution in [-0.4, -0.2) is 0 Å². The van der Waals surface area contributed by atoms with Crippen LogP contribution in [0.2, 0.25) is 0 Å². The topological polar surface area (TPSA) is 0 Å². The zero-order chi connectivity index (χ0) is 9.80. The van der Waals surface area contributed by atoms with E-state index in [2.05, 4.69) is 49.1 Å². The van der Waals surface area contributed by atoms with Gasteiger partial charge >= 0.3 is 18.9 Å². The summed E-state index contributed by atoms with van der Waals surface area (Å²) in [4.78, 5) is 0. The maximum absolute atomic E-state index is 3.77. The van der Waals surface area contributed by atoms with E-state index in [4.69, 9.17) is 0 Å². The molecule has 1 aromatic carbocycles. The first-order valence-electron chi connectivity index (χ1n) is 4.90. The summed E-state index contributed by atoms with van der Waals surface area (Å²) < 4.78 is 0. The van der Waals surface area contributed by atoms with Gasteiger partial charge in [-0.2, -0.15) is 11.6 Å². The first-order chi connectivity index (χ1) is 6.90. The van der Waals surface area contributed by atoms with Gasteiger partial charge < -0.3 is 0 Å². The SMILES string of the molecule is C=Cc1cccc(C2=[C-]CCC=C2)c1.[Li+]. The number of hydrogen-bond donors (Lipinski definition) is 0. The molecule has 70 valence electrons. The van der Waals surface area contributed by atoms with Gasteiger partial charge in [0, 0.05) is 0 Å². The van der Waals surface area contributed by atoms with Crippen LogP contribution in [0.25, 0.3) is 11.6 Å². The van der Waals surface area contributed by atoms with Crippen LogP contribution in [0.3, 0.4) is 0 Å². The Kier molecular flexibility index (Phi) is 4.69. The zero-order valence-corrected chi connectivity index (χ0v) is 9.16. The Morgan fingerprint density at radius 3 is 2.87 bits per heavy atom. The second-order valence-corrected chi connectivity index (χ2v) is 3.36. The van der Waals surface area contributed by atoms with E-state index >= 15 is 0 Å². The molecule has 0 amide bonds. The van der Waals surface area contributed by atoms with Gasteiger partial charge in [0.25, 0.3) is 0 Å². The molecule has 0 radical (unpaired) electrons. The van der Waals surface area contributed by atoms with Crippen molar-refractivity contribution in [3.8, 4) is 0 Å². The average molecular weight is 188 g/mol. The van der Waals surface area contributed by atoms with Gasteiger partial charge in [-0.1, -0.05) is 37.6 Å². The molecule has 0 saturated heterocycles. The summed E-state index contributed by atoms with van der Waals surface area (Å²) in [7, 11) is 0. The molecule has 0 aliphatic heterocycles. The van der Waals surface area contributed by atoms with E-state index < -0.39 is 0 Å². The van der Waals surface area contributed by atoms with Crippen LogP contribution in [0.5, 0.6) is 0 Å². The third kappa shape index (κ3) is 2.99. The summed E-state index contributed by atoms with van der Waals surface area (Å²) in [6.45, 7) is 3.77. The van der Waals surface area contributed by atoms with E-state index in [1.54, 1.807) is 0 Å². The summed E-state index contributed by atoms with van der Waals surface area (Å²) in [6.07, 6.45) is 11.7. The molecule has 0 heterocycles. The molecule has 0 nitrogen and oxygen atoms in total. The molecule has 1 aliphatic rings. The molecule has 0 fully saturated rings. The summed E-state index contributed by atoms with van der Waals surface area (Å²) >= 11 is 0. The second kappa shape index (κ2) is 5.81. The maximum Gasteiger partial charge on any atom is 1.00 e. The first-order valence-corrected chi connectivity index (χ1v) is 4.90. The first kappa shape index (κ1) is 12.1. The fraction of sp³-hybridized carbons (Fsp3) is 0.143. The third-order valence-electron chi connectivity index (χ3n) is 2.34. The predicted octanol–water partition coefficient (Wildman–Crippen LogP) is 0.870. The monoisotopic (exact) mass is 188 g/mol. The van der Waals surface area contributed by atoms with Crippen molar-refractivity contribution in [3.05, 3.63) is 60.2 Å². The van der Waals surface area contributed by atoms with Crippen LogP contribution in [0.1, 0.15) is 24.0 Å². The molecule has 0 saturated carbocycles. The van der Waals surface area contributed by atoms with Gasteiger partial charge in [-0.15, -0.1) is 23.8 Å². The van der Waals surface area contributed by atoms with Crippen LogP contribution < -0.4 is 18.9 Å². The molecule has 0 atom stereocenters. The minimum absolute atomic E-state index is 0. The molecule has 0 unspecified atom stereocenters. The summed E-state index contributed by atoms with van der Waals surface area (Å²) in [5.41, 5.74) is 3.61. The molecule has 1 heteroatoms. The number of benzene rings is 1. The van der Waals surface area contributed by atoms with E-state index in [1.165, 1.54) is 11.1 Å².